The molecule has 1 aromatic heterocycles. The largest absolute Gasteiger partial charge is 0.507 e. The number of methoxy groups -OCH3 is 1. The molecule has 0 saturated carbocycles. The third-order valence-corrected chi connectivity index (χ3v) is 5.46. The molecule has 3 rings (SSSR count). The summed E-state index contributed by atoms with van der Waals surface area (Å²) in [5, 5.41) is 12.6. The fourth-order valence-electron chi connectivity index (χ4n) is 2.81. The first kappa shape index (κ1) is 17.8. The number of likely N-dealkylation sites (tertiary alicyclic amines) is 1. The third kappa shape index (κ3) is 3.40. The van der Waals surface area contributed by atoms with Gasteiger partial charge in [0.1, 0.15) is 5.76 Å². The predicted octanol–water partition coefficient (Wildman–Crippen LogP) is 3.58. The van der Waals surface area contributed by atoms with E-state index in [4.69, 9.17) is 4.74 Å². The van der Waals surface area contributed by atoms with E-state index < -0.39 is 17.7 Å². The zero-order valence-corrected chi connectivity index (χ0v) is 15.8. The zero-order valence-electron chi connectivity index (χ0n) is 13.4. The number of ether oxygens (including phenoxy) is 1. The van der Waals surface area contributed by atoms with Gasteiger partial charge in [-0.3, -0.25) is 9.59 Å². The van der Waals surface area contributed by atoms with Crippen LogP contribution in [0.25, 0.3) is 5.76 Å². The topological polar surface area (TPSA) is 66.8 Å². The Hall–Kier alpha value is -1.96. The number of carbonyl (C=O) groups excluding carboxylic acids is 2. The highest BCUT2D eigenvalue weighted by Crippen LogP contribution is 2.40. The van der Waals surface area contributed by atoms with Crippen molar-refractivity contribution in [3.8, 4) is 0 Å². The van der Waals surface area contributed by atoms with Crippen molar-refractivity contribution in [2.45, 2.75) is 6.04 Å². The maximum absolute atomic E-state index is 12.6. The molecule has 0 aliphatic carbocycles. The van der Waals surface area contributed by atoms with E-state index in [-0.39, 0.29) is 17.9 Å². The third-order valence-electron chi connectivity index (χ3n) is 4.01. The summed E-state index contributed by atoms with van der Waals surface area (Å²) in [4.78, 5) is 27.4. The fourth-order valence-corrected chi connectivity index (χ4v) is 3.92. The molecule has 1 N–H and O–H groups in total. The van der Waals surface area contributed by atoms with Crippen molar-refractivity contribution in [1.82, 2.24) is 4.90 Å². The molecular formula is C18H16BrNO4S. The zero-order chi connectivity index (χ0) is 18.0. The average Bonchev–Trinajstić information content (AvgIpc) is 3.21. The Bertz CT molecular complexity index is 814. The van der Waals surface area contributed by atoms with Crippen LogP contribution in [0.15, 0.2) is 51.8 Å². The van der Waals surface area contributed by atoms with Gasteiger partial charge in [0.05, 0.1) is 18.2 Å². The van der Waals surface area contributed by atoms with Crippen LogP contribution in [0.1, 0.15) is 16.5 Å². The number of aliphatic hydroxyl groups excluding tert-OH is 1. The van der Waals surface area contributed by atoms with Crippen molar-refractivity contribution in [3.05, 3.63) is 62.3 Å². The van der Waals surface area contributed by atoms with Gasteiger partial charge in [-0.15, -0.1) is 11.3 Å². The van der Waals surface area contributed by atoms with Gasteiger partial charge in [-0.1, -0.05) is 34.1 Å². The van der Waals surface area contributed by atoms with E-state index in [9.17, 15) is 14.7 Å². The van der Waals surface area contributed by atoms with Gasteiger partial charge in [-0.05, 0) is 23.6 Å². The SMILES string of the molecule is COCCN1C(=O)C(=O)/C(=C(\O)c2ccc(Br)cc2)C1c1cccs1. The Morgan fingerprint density at radius 3 is 2.60 bits per heavy atom. The minimum Gasteiger partial charge on any atom is -0.507 e. The molecule has 1 unspecified atom stereocenters. The first-order valence-electron chi connectivity index (χ1n) is 7.61. The van der Waals surface area contributed by atoms with Crippen LogP contribution in [-0.2, 0) is 14.3 Å². The molecule has 1 aromatic carbocycles. The van der Waals surface area contributed by atoms with E-state index in [2.05, 4.69) is 15.9 Å². The van der Waals surface area contributed by atoms with E-state index in [0.717, 1.165) is 9.35 Å². The highest BCUT2D eigenvalue weighted by molar-refractivity contribution is 9.10. The number of carbonyl (C=O) groups is 2. The molecule has 1 fully saturated rings. The lowest BCUT2D eigenvalue weighted by Crippen LogP contribution is -2.32. The molecule has 0 bridgehead atoms. The summed E-state index contributed by atoms with van der Waals surface area (Å²) in [5.41, 5.74) is 0.611. The highest BCUT2D eigenvalue weighted by Gasteiger charge is 2.46. The number of ketones is 1. The second kappa shape index (κ2) is 7.51. The number of halogens is 1. The number of nitrogens with zero attached hydrogens (tertiary/aromatic N) is 1. The lowest BCUT2D eigenvalue weighted by Gasteiger charge is -2.23. The van der Waals surface area contributed by atoms with Crippen LogP contribution in [0.5, 0.6) is 0 Å². The molecule has 2 heterocycles. The summed E-state index contributed by atoms with van der Waals surface area (Å²) >= 11 is 4.78. The monoisotopic (exact) mass is 421 g/mol. The van der Waals surface area contributed by atoms with Crippen LogP contribution < -0.4 is 0 Å². The maximum atomic E-state index is 12.6. The van der Waals surface area contributed by atoms with E-state index in [1.807, 2.05) is 17.5 Å². The van der Waals surface area contributed by atoms with Crippen molar-refractivity contribution in [1.29, 1.82) is 0 Å². The average molecular weight is 422 g/mol. The molecule has 1 aliphatic heterocycles. The molecule has 1 atom stereocenters. The second-order valence-electron chi connectivity index (χ2n) is 5.51. The Kier molecular flexibility index (Phi) is 5.36. The number of thiophene rings is 1. The van der Waals surface area contributed by atoms with Gasteiger partial charge in [0.25, 0.3) is 11.7 Å². The minimum atomic E-state index is -0.671. The molecule has 1 amide bonds. The van der Waals surface area contributed by atoms with Crippen LogP contribution in [0.2, 0.25) is 0 Å². The van der Waals surface area contributed by atoms with E-state index in [0.29, 0.717) is 12.2 Å². The molecule has 2 aromatic rings. The Morgan fingerprint density at radius 2 is 2.00 bits per heavy atom. The number of rotatable bonds is 5. The number of hydrogen-bond acceptors (Lipinski definition) is 5. The lowest BCUT2D eigenvalue weighted by atomic mass is 10.00. The summed E-state index contributed by atoms with van der Waals surface area (Å²) in [6.45, 7) is 0.591. The summed E-state index contributed by atoms with van der Waals surface area (Å²) in [5.74, 6) is -1.45. The van der Waals surface area contributed by atoms with Crippen LogP contribution in [-0.4, -0.2) is 42.0 Å². The Balaban J connectivity index is 2.11. The van der Waals surface area contributed by atoms with Gasteiger partial charge in [0.2, 0.25) is 0 Å². The van der Waals surface area contributed by atoms with Crippen molar-refractivity contribution in [2.75, 3.05) is 20.3 Å². The van der Waals surface area contributed by atoms with E-state index >= 15 is 0 Å². The van der Waals surface area contributed by atoms with Crippen LogP contribution in [0, 0.1) is 0 Å². The maximum Gasteiger partial charge on any atom is 0.295 e. The van der Waals surface area contributed by atoms with Gasteiger partial charge in [-0.2, -0.15) is 0 Å². The van der Waals surface area contributed by atoms with Gasteiger partial charge >= 0.3 is 0 Å². The summed E-state index contributed by atoms with van der Waals surface area (Å²) < 4.78 is 5.92. The quantitative estimate of drug-likeness (QED) is 0.455. The molecule has 25 heavy (non-hydrogen) atoms. The van der Waals surface area contributed by atoms with Crippen molar-refractivity contribution in [2.24, 2.45) is 0 Å². The standard InChI is InChI=1S/C18H16BrNO4S/c1-24-9-8-20-15(13-3-2-10-25-13)14(17(22)18(20)23)16(21)11-4-6-12(19)7-5-11/h2-7,10,15,21H,8-9H2,1H3/b16-14-. The van der Waals surface area contributed by atoms with Gasteiger partial charge in [0.15, 0.2) is 0 Å². The van der Waals surface area contributed by atoms with Gasteiger partial charge in [0, 0.05) is 28.6 Å². The van der Waals surface area contributed by atoms with E-state index in [1.54, 1.807) is 31.4 Å². The molecule has 130 valence electrons. The molecule has 7 heteroatoms. The number of aliphatic hydroxyl groups is 1. The minimum absolute atomic E-state index is 0.117. The molecule has 5 nitrogen and oxygen atoms in total. The molecule has 1 aliphatic rings. The summed E-state index contributed by atoms with van der Waals surface area (Å²) in [6.07, 6.45) is 0. The lowest BCUT2D eigenvalue weighted by molar-refractivity contribution is -0.140. The highest BCUT2D eigenvalue weighted by atomic mass is 79.9. The van der Waals surface area contributed by atoms with Crippen molar-refractivity contribution in [3.63, 3.8) is 0 Å². The number of benzene rings is 1. The second-order valence-corrected chi connectivity index (χ2v) is 7.40. The molecular weight excluding hydrogens is 406 g/mol. The van der Waals surface area contributed by atoms with Crippen LogP contribution >= 0.6 is 27.3 Å². The van der Waals surface area contributed by atoms with Crippen molar-refractivity contribution >= 4 is 44.7 Å². The smallest absolute Gasteiger partial charge is 0.295 e. The predicted molar refractivity (Wildman–Crippen MR) is 99.3 cm³/mol. The first-order chi connectivity index (χ1) is 12.0. The Labute approximate surface area is 157 Å². The van der Waals surface area contributed by atoms with E-state index in [1.165, 1.54) is 16.2 Å². The van der Waals surface area contributed by atoms with Crippen LogP contribution in [0.4, 0.5) is 0 Å². The fraction of sp³-hybridized carbons (Fsp3) is 0.222. The number of amides is 1. The van der Waals surface area contributed by atoms with Gasteiger partial charge in [-0.25, -0.2) is 0 Å². The van der Waals surface area contributed by atoms with Gasteiger partial charge < -0.3 is 14.7 Å². The molecule has 0 spiro atoms. The summed E-state index contributed by atoms with van der Waals surface area (Å²) in [7, 11) is 1.54. The normalized spacial score (nSPS) is 19.6. The first-order valence-corrected chi connectivity index (χ1v) is 9.28. The summed E-state index contributed by atoms with van der Waals surface area (Å²) in [6, 6.07) is 10.1. The number of hydrogen-bond donors (Lipinski definition) is 1. The molecule has 1 saturated heterocycles. The Morgan fingerprint density at radius 1 is 1.28 bits per heavy atom. The number of Topliss-reactive ketones (excluding diaryl/α,β-unsaturated/α-hetero) is 1. The molecule has 0 radical (unpaired) electrons. The van der Waals surface area contributed by atoms with Crippen molar-refractivity contribution < 1.29 is 19.4 Å². The van der Waals surface area contributed by atoms with Crippen LogP contribution in [0.3, 0.4) is 0 Å².